The van der Waals surface area contributed by atoms with E-state index in [-0.39, 0.29) is 11.1 Å². The number of hydrogen-bond donors (Lipinski definition) is 2. The normalized spacial score (nSPS) is 10.1. The molecule has 0 aliphatic carbocycles. The highest BCUT2D eigenvalue weighted by Gasteiger charge is 2.13. The first-order chi connectivity index (χ1) is 14.0. The molecule has 2 aromatic carbocycles. The van der Waals surface area contributed by atoms with Crippen molar-refractivity contribution in [1.29, 1.82) is 5.26 Å². The van der Waals surface area contributed by atoms with E-state index in [0.29, 0.717) is 45.2 Å². The van der Waals surface area contributed by atoms with Crippen molar-refractivity contribution in [3.05, 3.63) is 73.6 Å². The zero-order valence-corrected chi connectivity index (χ0v) is 17.8. The largest absolute Gasteiger partial charge is 0.337 e. The van der Waals surface area contributed by atoms with E-state index in [1.54, 1.807) is 30.3 Å². The first-order valence-electron chi connectivity index (χ1n) is 8.25. The van der Waals surface area contributed by atoms with E-state index in [9.17, 15) is 0 Å². The van der Waals surface area contributed by atoms with Crippen LogP contribution in [0.4, 0.5) is 23.1 Å². The monoisotopic (exact) mass is 487 g/mol. The Bertz CT molecular complexity index is 1100. The van der Waals surface area contributed by atoms with E-state index >= 15 is 0 Å². The Morgan fingerprint density at radius 3 is 2.55 bits per heavy atom. The van der Waals surface area contributed by atoms with Crippen LogP contribution in [0.5, 0.6) is 0 Å². The van der Waals surface area contributed by atoms with Gasteiger partial charge in [-0.1, -0.05) is 23.2 Å². The Hall–Kier alpha value is -2.91. The smallest absolute Gasteiger partial charge is 0.249 e. The van der Waals surface area contributed by atoms with Crippen LogP contribution in [0.1, 0.15) is 11.1 Å². The molecule has 0 unspecified atom stereocenters. The van der Waals surface area contributed by atoms with Crippen molar-refractivity contribution < 1.29 is 0 Å². The lowest BCUT2D eigenvalue weighted by Crippen LogP contribution is -2.05. The fourth-order valence-electron chi connectivity index (χ4n) is 2.40. The minimum atomic E-state index is 0.0968. The molecule has 0 aliphatic rings. The molecule has 7 nitrogen and oxygen atoms in total. The summed E-state index contributed by atoms with van der Waals surface area (Å²) in [7, 11) is 0. The molecule has 1 aromatic heterocycles. The predicted octanol–water partition coefficient (Wildman–Crippen LogP) is 5.76. The van der Waals surface area contributed by atoms with E-state index in [1.165, 1.54) is 0 Å². The number of hydrogen-bond acceptors (Lipinski definition) is 6. The third-order valence-electron chi connectivity index (χ3n) is 3.77. The average molecular weight is 489 g/mol. The summed E-state index contributed by atoms with van der Waals surface area (Å²) in [5.74, 6) is 0.497. The van der Waals surface area contributed by atoms with Gasteiger partial charge in [0.1, 0.15) is 0 Å². The summed E-state index contributed by atoms with van der Waals surface area (Å²) in [5.41, 5.74) is 2.76. The number of anilines is 4. The maximum Gasteiger partial charge on any atom is 0.249 e. The molecule has 1 heterocycles. The van der Waals surface area contributed by atoms with Gasteiger partial charge in [-0.3, -0.25) is 0 Å². The van der Waals surface area contributed by atoms with E-state index in [0.717, 1.165) is 5.56 Å². The van der Waals surface area contributed by atoms with E-state index in [1.807, 2.05) is 6.07 Å². The topological polar surface area (TPSA) is 90.9 Å². The molecule has 0 radical (unpaired) electrons. The molecule has 144 valence electrons. The molecule has 2 N–H and O–H groups in total. The van der Waals surface area contributed by atoms with Crippen LogP contribution < -0.4 is 10.6 Å². The predicted molar refractivity (Wildman–Crippen MR) is 117 cm³/mol. The molecule has 0 atom stereocenters. The molecule has 3 rings (SSSR count). The second kappa shape index (κ2) is 9.53. The number of rotatable bonds is 6. The van der Waals surface area contributed by atoms with Gasteiger partial charge in [-0.2, -0.15) is 10.2 Å². The van der Waals surface area contributed by atoms with Gasteiger partial charge in [0.05, 0.1) is 22.3 Å². The summed E-state index contributed by atoms with van der Waals surface area (Å²) in [5, 5.41) is 23.4. The van der Waals surface area contributed by atoms with Crippen molar-refractivity contribution in [3.8, 4) is 6.07 Å². The average Bonchev–Trinajstić information content (AvgIpc) is 2.72. The second-order valence-corrected chi connectivity index (χ2v) is 7.40. The van der Waals surface area contributed by atoms with E-state index < -0.39 is 0 Å². The summed E-state index contributed by atoms with van der Waals surface area (Å²) in [4.78, 5) is 7.70. The molecule has 0 bridgehead atoms. The van der Waals surface area contributed by atoms with Crippen LogP contribution in [0.25, 0.3) is 4.85 Å². The van der Waals surface area contributed by atoms with Gasteiger partial charge >= 0.3 is 0 Å². The number of aromatic nitrogens is 3. The standard InChI is InChI=1S/C19H12BrCl2N7/c1-24-7-6-12-8-14(20)16(15(21)9-12)26-19-27-18(17(22)28-29-19)25-13-4-2-11(10-23)3-5-13/h2-5,8-9H,6-7H2,(H2,25,26,27,29). The van der Waals surface area contributed by atoms with Crippen LogP contribution in [0, 0.1) is 17.9 Å². The maximum atomic E-state index is 8.89. The summed E-state index contributed by atoms with van der Waals surface area (Å²) < 4.78 is 0.713. The Labute approximate surface area is 185 Å². The van der Waals surface area contributed by atoms with Crippen LogP contribution in [0.15, 0.2) is 40.9 Å². The molecule has 0 amide bonds. The van der Waals surface area contributed by atoms with Gasteiger partial charge in [0.2, 0.25) is 12.5 Å². The minimum absolute atomic E-state index is 0.0968. The lowest BCUT2D eigenvalue weighted by atomic mass is 10.1. The molecule has 0 saturated heterocycles. The number of nitrogens with zero attached hydrogens (tertiary/aromatic N) is 5. The fourth-order valence-corrected chi connectivity index (χ4v) is 3.53. The second-order valence-electron chi connectivity index (χ2n) is 5.78. The van der Waals surface area contributed by atoms with E-state index in [4.69, 9.17) is 35.0 Å². The third kappa shape index (κ3) is 5.33. The van der Waals surface area contributed by atoms with Crippen molar-refractivity contribution >= 4 is 62.3 Å². The van der Waals surface area contributed by atoms with Crippen molar-refractivity contribution in [2.24, 2.45) is 0 Å². The SMILES string of the molecule is [C-]#[N+]CCc1cc(Cl)c(Nc2nnc(Cl)c(Nc3ccc(C#N)cc3)n2)c(Br)c1. The highest BCUT2D eigenvalue weighted by Crippen LogP contribution is 2.34. The number of nitrogens with one attached hydrogen (secondary N) is 2. The van der Waals surface area contributed by atoms with Gasteiger partial charge < -0.3 is 15.5 Å². The maximum absolute atomic E-state index is 8.89. The van der Waals surface area contributed by atoms with Crippen LogP contribution in [0.2, 0.25) is 10.2 Å². The summed E-state index contributed by atoms with van der Waals surface area (Å²) >= 11 is 16.0. The van der Waals surface area contributed by atoms with Crippen molar-refractivity contribution in [2.45, 2.75) is 6.42 Å². The summed E-state index contributed by atoms with van der Waals surface area (Å²) in [6.45, 7) is 7.29. The molecular weight excluding hydrogens is 477 g/mol. The Morgan fingerprint density at radius 1 is 1.14 bits per heavy atom. The highest BCUT2D eigenvalue weighted by atomic mass is 79.9. The Morgan fingerprint density at radius 2 is 1.90 bits per heavy atom. The lowest BCUT2D eigenvalue weighted by molar-refractivity contribution is 0.982. The van der Waals surface area contributed by atoms with Crippen LogP contribution in [-0.4, -0.2) is 21.7 Å². The number of nitriles is 1. The molecule has 0 aliphatic heterocycles. The van der Waals surface area contributed by atoms with Crippen LogP contribution in [0.3, 0.4) is 0 Å². The molecule has 3 aromatic rings. The molecule has 0 saturated carbocycles. The van der Waals surface area contributed by atoms with Crippen LogP contribution in [-0.2, 0) is 6.42 Å². The van der Waals surface area contributed by atoms with Gasteiger partial charge in [0, 0.05) is 16.6 Å². The van der Waals surface area contributed by atoms with Gasteiger partial charge in [0.15, 0.2) is 11.0 Å². The molecular formula is C19H12BrCl2N7. The molecule has 10 heteroatoms. The Kier molecular flexibility index (Phi) is 6.84. The minimum Gasteiger partial charge on any atom is -0.337 e. The molecule has 0 fully saturated rings. The highest BCUT2D eigenvalue weighted by molar-refractivity contribution is 9.10. The van der Waals surface area contributed by atoms with Crippen LogP contribution >= 0.6 is 39.1 Å². The fraction of sp³-hybridized carbons (Fsp3) is 0.105. The first-order valence-corrected chi connectivity index (χ1v) is 9.80. The summed E-state index contributed by atoms with van der Waals surface area (Å²) in [6.07, 6.45) is 0.611. The van der Waals surface area contributed by atoms with Gasteiger partial charge in [0.25, 0.3) is 0 Å². The Balaban J connectivity index is 1.83. The first kappa shape index (κ1) is 20.8. The van der Waals surface area contributed by atoms with Gasteiger partial charge in [-0.15, -0.1) is 10.2 Å². The van der Waals surface area contributed by atoms with Crippen molar-refractivity contribution in [2.75, 3.05) is 17.2 Å². The lowest BCUT2D eigenvalue weighted by Gasteiger charge is -2.12. The van der Waals surface area contributed by atoms with Gasteiger partial charge in [-0.25, -0.2) is 6.57 Å². The summed E-state index contributed by atoms with van der Waals surface area (Å²) in [6, 6.07) is 12.6. The number of benzene rings is 2. The zero-order chi connectivity index (χ0) is 20.8. The van der Waals surface area contributed by atoms with Crippen molar-refractivity contribution in [3.63, 3.8) is 0 Å². The molecule has 0 spiro atoms. The zero-order valence-electron chi connectivity index (χ0n) is 14.7. The number of halogens is 3. The van der Waals surface area contributed by atoms with Crippen molar-refractivity contribution in [1.82, 2.24) is 15.2 Å². The van der Waals surface area contributed by atoms with E-state index in [2.05, 4.69) is 52.7 Å². The third-order valence-corrected chi connectivity index (χ3v) is 4.95. The van der Waals surface area contributed by atoms with Gasteiger partial charge in [-0.05, 0) is 57.9 Å². The molecule has 29 heavy (non-hydrogen) atoms. The quantitative estimate of drug-likeness (QED) is 0.428.